The molecule has 1 aromatic carbocycles. The van der Waals surface area contributed by atoms with Crippen molar-refractivity contribution in [3.8, 4) is 11.6 Å². The van der Waals surface area contributed by atoms with Crippen LogP contribution >= 0.6 is 0 Å². The van der Waals surface area contributed by atoms with Crippen molar-refractivity contribution in [1.82, 2.24) is 19.6 Å². The zero-order valence-corrected chi connectivity index (χ0v) is 10.1. The molecule has 0 aliphatic heterocycles. The largest absolute Gasteiger partial charge is 0.439 e. The molecule has 3 aromatic rings. The first-order valence-corrected chi connectivity index (χ1v) is 5.65. The third-order valence-electron chi connectivity index (χ3n) is 2.65. The van der Waals surface area contributed by atoms with E-state index in [9.17, 15) is 4.79 Å². The Morgan fingerprint density at radius 1 is 1.32 bits per heavy atom. The Balaban J connectivity index is 1.89. The van der Waals surface area contributed by atoms with Crippen LogP contribution < -0.4 is 15.7 Å². The molecule has 0 bridgehead atoms. The molecular weight excluding hydrogens is 246 g/mol. The highest BCUT2D eigenvalue weighted by Gasteiger charge is 2.04. The van der Waals surface area contributed by atoms with E-state index in [4.69, 9.17) is 4.74 Å². The summed E-state index contributed by atoms with van der Waals surface area (Å²) in [5.41, 5.74) is 1.13. The van der Waals surface area contributed by atoms with Crippen LogP contribution in [-0.2, 0) is 0 Å². The second-order valence-electron chi connectivity index (χ2n) is 3.86. The minimum atomic E-state index is -0.326. The molecular formula is C12H11N5O2. The van der Waals surface area contributed by atoms with Crippen molar-refractivity contribution >= 4 is 11.3 Å². The van der Waals surface area contributed by atoms with E-state index in [0.717, 1.165) is 5.69 Å². The maximum atomic E-state index is 11.3. The van der Waals surface area contributed by atoms with Gasteiger partial charge in [0.05, 0.1) is 0 Å². The quantitative estimate of drug-likeness (QED) is 0.737. The molecule has 0 fully saturated rings. The first-order chi connectivity index (χ1) is 9.26. The van der Waals surface area contributed by atoms with Crippen molar-refractivity contribution in [2.75, 3.05) is 12.4 Å². The number of hydrogen-bond donors (Lipinski definition) is 2. The van der Waals surface area contributed by atoms with Crippen molar-refractivity contribution in [3.05, 3.63) is 47.1 Å². The van der Waals surface area contributed by atoms with Gasteiger partial charge in [-0.05, 0) is 24.3 Å². The van der Waals surface area contributed by atoms with Gasteiger partial charge < -0.3 is 10.1 Å². The van der Waals surface area contributed by atoms with Crippen LogP contribution in [0.3, 0.4) is 0 Å². The molecule has 0 amide bonds. The molecule has 0 radical (unpaired) electrons. The summed E-state index contributed by atoms with van der Waals surface area (Å²) in [5, 5.41) is 9.20. The topological polar surface area (TPSA) is 84.3 Å². The molecule has 2 N–H and O–H groups in total. The third kappa shape index (κ3) is 2.13. The Hall–Kier alpha value is -2.83. The van der Waals surface area contributed by atoms with Gasteiger partial charge in [0.2, 0.25) is 5.88 Å². The Bertz CT molecular complexity index is 760. The predicted octanol–water partition coefficient (Wildman–Crippen LogP) is 1.25. The molecule has 0 atom stereocenters. The van der Waals surface area contributed by atoms with E-state index < -0.39 is 0 Å². The van der Waals surface area contributed by atoms with Gasteiger partial charge in [0, 0.05) is 18.8 Å². The minimum Gasteiger partial charge on any atom is -0.439 e. The molecule has 0 saturated carbocycles. The molecule has 2 heterocycles. The first kappa shape index (κ1) is 11.3. The number of anilines is 1. The van der Waals surface area contributed by atoms with Crippen LogP contribution in [0.25, 0.3) is 5.65 Å². The smallest absolute Gasteiger partial charge is 0.348 e. The van der Waals surface area contributed by atoms with Crippen molar-refractivity contribution in [2.24, 2.45) is 0 Å². The summed E-state index contributed by atoms with van der Waals surface area (Å²) in [5.74, 6) is 1.04. The van der Waals surface area contributed by atoms with Crippen LogP contribution in [0.2, 0.25) is 0 Å². The van der Waals surface area contributed by atoms with E-state index in [0.29, 0.717) is 17.3 Å². The number of fused-ring (bicyclic) bond motifs is 1. The van der Waals surface area contributed by atoms with Gasteiger partial charge in [0.25, 0.3) is 0 Å². The molecule has 0 aliphatic rings. The number of nitrogens with one attached hydrogen (secondary N) is 2. The van der Waals surface area contributed by atoms with Crippen LogP contribution in [-0.4, -0.2) is 26.6 Å². The lowest BCUT2D eigenvalue weighted by molar-refractivity contribution is 0.462. The first-order valence-electron chi connectivity index (χ1n) is 5.65. The summed E-state index contributed by atoms with van der Waals surface area (Å²) >= 11 is 0. The lowest BCUT2D eigenvalue weighted by Gasteiger charge is -2.05. The van der Waals surface area contributed by atoms with E-state index in [2.05, 4.69) is 20.5 Å². The highest BCUT2D eigenvalue weighted by atomic mass is 16.5. The second kappa shape index (κ2) is 4.45. The number of rotatable bonds is 3. The molecule has 3 rings (SSSR count). The number of nitrogens with zero attached hydrogens (tertiary/aromatic N) is 3. The van der Waals surface area contributed by atoms with Crippen LogP contribution in [0.1, 0.15) is 0 Å². The lowest BCUT2D eigenvalue weighted by Crippen LogP contribution is -2.09. The minimum absolute atomic E-state index is 0.326. The molecule has 0 spiro atoms. The van der Waals surface area contributed by atoms with Gasteiger partial charge in [-0.2, -0.15) is 5.10 Å². The van der Waals surface area contributed by atoms with Crippen LogP contribution in [0, 0.1) is 0 Å². The maximum Gasteiger partial charge on any atom is 0.348 e. The van der Waals surface area contributed by atoms with Gasteiger partial charge in [-0.1, -0.05) is 0 Å². The Morgan fingerprint density at radius 2 is 2.11 bits per heavy atom. The highest BCUT2D eigenvalue weighted by Crippen LogP contribution is 2.21. The van der Waals surface area contributed by atoms with Crippen molar-refractivity contribution < 1.29 is 4.74 Å². The van der Waals surface area contributed by atoms with Gasteiger partial charge in [-0.3, -0.25) is 0 Å². The van der Waals surface area contributed by atoms with Crippen molar-refractivity contribution in [3.63, 3.8) is 0 Å². The molecule has 0 saturated heterocycles. The lowest BCUT2D eigenvalue weighted by atomic mass is 10.3. The normalized spacial score (nSPS) is 10.6. The number of hydrogen-bond acceptors (Lipinski definition) is 5. The van der Waals surface area contributed by atoms with Gasteiger partial charge in [-0.15, -0.1) is 0 Å². The molecule has 96 valence electrons. The summed E-state index contributed by atoms with van der Waals surface area (Å²) in [4.78, 5) is 15.3. The van der Waals surface area contributed by atoms with Crippen molar-refractivity contribution in [1.29, 1.82) is 0 Å². The fourth-order valence-corrected chi connectivity index (χ4v) is 1.66. The van der Waals surface area contributed by atoms with Crippen LogP contribution in [0.15, 0.2) is 41.5 Å². The van der Waals surface area contributed by atoms with E-state index in [1.54, 1.807) is 6.07 Å². The molecule has 7 heteroatoms. The average Bonchev–Trinajstić information content (AvgIpc) is 2.81. The van der Waals surface area contributed by atoms with Crippen molar-refractivity contribution in [2.45, 2.75) is 0 Å². The van der Waals surface area contributed by atoms with E-state index in [1.807, 2.05) is 31.3 Å². The van der Waals surface area contributed by atoms with E-state index in [-0.39, 0.29) is 5.69 Å². The summed E-state index contributed by atoms with van der Waals surface area (Å²) in [6, 6.07) is 9.03. The number of aromatic nitrogens is 4. The fourth-order valence-electron chi connectivity index (χ4n) is 1.66. The number of H-pyrrole nitrogens is 1. The van der Waals surface area contributed by atoms with E-state index in [1.165, 1.54) is 10.7 Å². The summed E-state index contributed by atoms with van der Waals surface area (Å²) in [7, 11) is 1.85. The molecule has 7 nitrogen and oxygen atoms in total. The monoisotopic (exact) mass is 257 g/mol. The molecule has 0 unspecified atom stereocenters. The predicted molar refractivity (Wildman–Crippen MR) is 69.7 cm³/mol. The Kier molecular flexibility index (Phi) is 2.64. The Morgan fingerprint density at radius 3 is 2.84 bits per heavy atom. The third-order valence-corrected chi connectivity index (χ3v) is 2.65. The molecule has 2 aromatic heterocycles. The maximum absolute atomic E-state index is 11.3. The Labute approximate surface area is 107 Å². The van der Waals surface area contributed by atoms with Crippen LogP contribution in [0.5, 0.6) is 11.6 Å². The summed E-state index contributed by atoms with van der Waals surface area (Å²) < 4.78 is 6.89. The standard InChI is InChI=1S/C12H11N5O2/c1-13-8-2-4-9(5-3-8)19-11-6-10-15-16-12(18)17(10)7-14-11/h2-7,13H,1H3,(H,16,18). The fraction of sp³-hybridized carbons (Fsp3) is 0.0833. The zero-order valence-electron chi connectivity index (χ0n) is 10.1. The SMILES string of the molecule is CNc1ccc(Oc2cc3n[nH]c(=O)n3cn2)cc1. The zero-order chi connectivity index (χ0) is 13.2. The van der Waals surface area contributed by atoms with Crippen LogP contribution in [0.4, 0.5) is 5.69 Å². The van der Waals surface area contributed by atoms with Gasteiger partial charge in [0.15, 0.2) is 5.65 Å². The number of benzene rings is 1. The van der Waals surface area contributed by atoms with Gasteiger partial charge in [0.1, 0.15) is 12.1 Å². The molecule has 19 heavy (non-hydrogen) atoms. The second-order valence-corrected chi connectivity index (χ2v) is 3.86. The highest BCUT2D eigenvalue weighted by molar-refractivity contribution is 5.47. The molecule has 0 aliphatic carbocycles. The number of aromatic amines is 1. The number of ether oxygens (including phenoxy) is 1. The summed E-state index contributed by atoms with van der Waals surface area (Å²) in [6.45, 7) is 0. The average molecular weight is 257 g/mol. The van der Waals surface area contributed by atoms with Gasteiger partial charge in [-0.25, -0.2) is 19.3 Å². The van der Waals surface area contributed by atoms with E-state index >= 15 is 0 Å². The van der Waals surface area contributed by atoms with Gasteiger partial charge >= 0.3 is 5.69 Å². The summed E-state index contributed by atoms with van der Waals surface area (Å²) in [6.07, 6.45) is 1.37.